The minimum Gasteiger partial charge on any atom is -0.479 e. The van der Waals surface area contributed by atoms with Crippen LogP contribution in [0.5, 0.6) is 11.5 Å². The lowest BCUT2D eigenvalue weighted by Crippen LogP contribution is -2.28. The predicted molar refractivity (Wildman–Crippen MR) is 75.2 cm³/mol. The summed E-state index contributed by atoms with van der Waals surface area (Å²) in [5, 5.41) is 10.8. The average Bonchev–Trinajstić information content (AvgIpc) is 2.48. The molecule has 2 aromatic carbocycles. The second-order valence-electron chi connectivity index (χ2n) is 4.36. The summed E-state index contributed by atoms with van der Waals surface area (Å²) in [4.78, 5) is 22.0. The lowest BCUT2D eigenvalue weighted by molar-refractivity contribution is -0.385. The zero-order valence-electron chi connectivity index (χ0n) is 11.6. The van der Waals surface area contributed by atoms with Crippen molar-refractivity contribution >= 4 is 11.7 Å². The van der Waals surface area contributed by atoms with E-state index < -0.39 is 34.3 Å². The highest BCUT2D eigenvalue weighted by Gasteiger charge is 2.23. The third kappa shape index (κ3) is 3.78. The van der Waals surface area contributed by atoms with Crippen LogP contribution >= 0.6 is 0 Å². The molecule has 0 heterocycles. The van der Waals surface area contributed by atoms with Gasteiger partial charge >= 0.3 is 11.7 Å². The molecule has 0 radical (unpaired) electrons. The molecule has 2 rings (SSSR count). The quantitative estimate of drug-likeness (QED) is 0.367. The van der Waals surface area contributed by atoms with Gasteiger partial charge in [-0.15, -0.1) is 0 Å². The van der Waals surface area contributed by atoms with Crippen molar-refractivity contribution in [2.24, 2.45) is 0 Å². The van der Waals surface area contributed by atoms with Crippen LogP contribution in [0.25, 0.3) is 0 Å². The van der Waals surface area contributed by atoms with Crippen molar-refractivity contribution in [3.05, 3.63) is 64.5 Å². The van der Waals surface area contributed by atoms with Gasteiger partial charge in [-0.1, -0.05) is 18.2 Å². The second kappa shape index (κ2) is 6.66. The maximum Gasteiger partial charge on any atom is 0.352 e. The zero-order chi connectivity index (χ0) is 16.1. The SMILES string of the molecule is CC(Oc1ccccc1)C(=O)Oc1cc(F)ccc1[N+](=O)[O-]. The molecule has 22 heavy (non-hydrogen) atoms. The van der Waals surface area contributed by atoms with Gasteiger partial charge in [0.05, 0.1) is 4.92 Å². The first kappa shape index (κ1) is 15.4. The Morgan fingerprint density at radius 2 is 1.91 bits per heavy atom. The number of nitrogens with zero attached hydrogens (tertiary/aromatic N) is 1. The molecular weight excluding hydrogens is 293 g/mol. The highest BCUT2D eigenvalue weighted by molar-refractivity contribution is 5.78. The minimum atomic E-state index is -1.01. The molecule has 0 spiro atoms. The van der Waals surface area contributed by atoms with Crippen molar-refractivity contribution in [1.29, 1.82) is 0 Å². The predicted octanol–water partition coefficient (Wildman–Crippen LogP) is 3.11. The highest BCUT2D eigenvalue weighted by Crippen LogP contribution is 2.28. The number of ether oxygens (including phenoxy) is 2. The Balaban J connectivity index is 2.11. The van der Waals surface area contributed by atoms with Crippen molar-refractivity contribution in [3.63, 3.8) is 0 Å². The molecule has 0 aliphatic carbocycles. The lowest BCUT2D eigenvalue weighted by Gasteiger charge is -2.13. The van der Waals surface area contributed by atoms with Crippen LogP contribution in [-0.4, -0.2) is 17.0 Å². The minimum absolute atomic E-state index is 0.445. The van der Waals surface area contributed by atoms with E-state index in [9.17, 15) is 19.3 Å². The van der Waals surface area contributed by atoms with Gasteiger partial charge in [0, 0.05) is 12.1 Å². The van der Waals surface area contributed by atoms with E-state index in [1.165, 1.54) is 6.92 Å². The first-order valence-electron chi connectivity index (χ1n) is 6.34. The average molecular weight is 305 g/mol. The second-order valence-corrected chi connectivity index (χ2v) is 4.36. The molecule has 0 aliphatic rings. The van der Waals surface area contributed by atoms with Crippen molar-refractivity contribution in [2.75, 3.05) is 0 Å². The molecule has 6 nitrogen and oxygen atoms in total. The van der Waals surface area contributed by atoms with Gasteiger partial charge in [0.2, 0.25) is 5.75 Å². The summed E-state index contributed by atoms with van der Waals surface area (Å²) in [6, 6.07) is 11.2. The Morgan fingerprint density at radius 1 is 1.23 bits per heavy atom. The fraction of sp³-hybridized carbons (Fsp3) is 0.133. The molecule has 114 valence electrons. The fourth-order valence-corrected chi connectivity index (χ4v) is 1.66. The highest BCUT2D eigenvalue weighted by atomic mass is 19.1. The van der Waals surface area contributed by atoms with E-state index in [1.807, 2.05) is 0 Å². The topological polar surface area (TPSA) is 78.7 Å². The molecule has 1 atom stereocenters. The van der Waals surface area contributed by atoms with Crippen LogP contribution in [-0.2, 0) is 4.79 Å². The molecular formula is C15H12FNO5. The van der Waals surface area contributed by atoms with Crippen LogP contribution in [0.15, 0.2) is 48.5 Å². The fourth-order valence-electron chi connectivity index (χ4n) is 1.66. The molecule has 0 aliphatic heterocycles. The molecule has 2 aromatic rings. The van der Waals surface area contributed by atoms with Gasteiger partial charge in [-0.25, -0.2) is 9.18 Å². The molecule has 0 saturated heterocycles. The lowest BCUT2D eigenvalue weighted by atomic mass is 10.3. The normalized spacial score (nSPS) is 11.5. The van der Waals surface area contributed by atoms with Crippen molar-refractivity contribution in [1.82, 2.24) is 0 Å². The summed E-state index contributed by atoms with van der Waals surface area (Å²) in [6.45, 7) is 1.43. The number of nitro benzene ring substituents is 1. The molecule has 7 heteroatoms. The van der Waals surface area contributed by atoms with E-state index in [4.69, 9.17) is 9.47 Å². The van der Waals surface area contributed by atoms with E-state index >= 15 is 0 Å². The molecule has 0 fully saturated rings. The number of nitro groups is 1. The molecule has 0 saturated carbocycles. The Labute approximate surface area is 125 Å². The Morgan fingerprint density at radius 3 is 2.55 bits per heavy atom. The maximum absolute atomic E-state index is 13.2. The number of esters is 1. The number of benzene rings is 2. The van der Waals surface area contributed by atoms with E-state index in [2.05, 4.69) is 0 Å². The number of carbonyl (C=O) groups excluding carboxylic acids is 1. The van der Waals surface area contributed by atoms with Gasteiger partial charge in [0.1, 0.15) is 11.6 Å². The molecule has 0 bridgehead atoms. The van der Waals surface area contributed by atoms with Gasteiger partial charge in [-0.05, 0) is 25.1 Å². The van der Waals surface area contributed by atoms with Crippen LogP contribution in [0.3, 0.4) is 0 Å². The van der Waals surface area contributed by atoms with Crippen LogP contribution in [0.1, 0.15) is 6.92 Å². The Bertz CT molecular complexity index is 690. The Kier molecular flexibility index (Phi) is 4.67. The Hall–Kier alpha value is -2.96. The molecule has 0 amide bonds. The number of hydrogen-bond donors (Lipinski definition) is 0. The molecule has 0 N–H and O–H groups in total. The zero-order valence-corrected chi connectivity index (χ0v) is 11.6. The van der Waals surface area contributed by atoms with Crippen molar-refractivity contribution < 1.29 is 23.6 Å². The van der Waals surface area contributed by atoms with E-state index in [0.717, 1.165) is 18.2 Å². The largest absolute Gasteiger partial charge is 0.479 e. The van der Waals surface area contributed by atoms with Gasteiger partial charge in [-0.3, -0.25) is 10.1 Å². The van der Waals surface area contributed by atoms with Crippen LogP contribution < -0.4 is 9.47 Å². The van der Waals surface area contributed by atoms with Crippen molar-refractivity contribution in [3.8, 4) is 11.5 Å². The van der Waals surface area contributed by atoms with E-state index in [-0.39, 0.29) is 0 Å². The smallest absolute Gasteiger partial charge is 0.352 e. The summed E-state index contributed by atoms with van der Waals surface area (Å²) in [5.74, 6) is -1.62. The number of halogens is 1. The molecule has 1 unspecified atom stereocenters. The van der Waals surface area contributed by atoms with Gasteiger partial charge in [-0.2, -0.15) is 0 Å². The first-order chi connectivity index (χ1) is 10.5. The standard InChI is InChI=1S/C15H12FNO5/c1-10(21-12-5-3-2-4-6-12)15(18)22-14-9-11(16)7-8-13(14)17(19)20/h2-10H,1H3. The molecule has 0 aromatic heterocycles. The monoisotopic (exact) mass is 305 g/mol. The summed E-state index contributed by atoms with van der Waals surface area (Å²) in [6.07, 6.45) is -1.01. The van der Waals surface area contributed by atoms with Gasteiger partial charge < -0.3 is 9.47 Å². The summed E-state index contributed by atoms with van der Waals surface area (Å²) < 4.78 is 23.4. The van der Waals surface area contributed by atoms with E-state index in [0.29, 0.717) is 5.75 Å². The van der Waals surface area contributed by atoms with Crippen molar-refractivity contribution in [2.45, 2.75) is 13.0 Å². The maximum atomic E-state index is 13.2. The van der Waals surface area contributed by atoms with Gasteiger partial charge in [0.25, 0.3) is 0 Å². The third-order valence-corrected chi connectivity index (χ3v) is 2.72. The summed E-state index contributed by atoms with van der Waals surface area (Å²) >= 11 is 0. The van der Waals surface area contributed by atoms with E-state index in [1.54, 1.807) is 30.3 Å². The summed E-state index contributed by atoms with van der Waals surface area (Å²) in [7, 11) is 0. The summed E-state index contributed by atoms with van der Waals surface area (Å²) in [5.41, 5.74) is -0.498. The van der Waals surface area contributed by atoms with Crippen LogP contribution in [0, 0.1) is 15.9 Å². The number of hydrogen-bond acceptors (Lipinski definition) is 5. The number of rotatable bonds is 5. The first-order valence-corrected chi connectivity index (χ1v) is 6.34. The number of para-hydroxylation sites is 1. The van der Waals surface area contributed by atoms with Crippen LogP contribution in [0.4, 0.5) is 10.1 Å². The third-order valence-electron chi connectivity index (χ3n) is 2.72. The number of carbonyl (C=O) groups is 1. The van der Waals surface area contributed by atoms with Crippen LogP contribution in [0.2, 0.25) is 0 Å². The van der Waals surface area contributed by atoms with Gasteiger partial charge in [0.15, 0.2) is 6.10 Å².